The highest BCUT2D eigenvalue weighted by Crippen LogP contribution is 2.26. The number of nitrogens with one attached hydrogen (secondary N) is 1. The number of amides is 1. The van der Waals surface area contributed by atoms with Gasteiger partial charge in [-0.1, -0.05) is 23.8 Å². The Morgan fingerprint density at radius 3 is 2.88 bits per heavy atom. The van der Waals surface area contributed by atoms with E-state index in [4.69, 9.17) is 16.3 Å². The molecule has 0 aliphatic carbocycles. The molecule has 0 aromatic carbocycles. The van der Waals surface area contributed by atoms with Gasteiger partial charge in [-0.2, -0.15) is 0 Å². The number of carbonyl (C=O) groups is 1. The molecule has 0 aliphatic rings. The lowest BCUT2D eigenvalue weighted by Gasteiger charge is -2.05. The van der Waals surface area contributed by atoms with E-state index in [0.717, 1.165) is 11.1 Å². The van der Waals surface area contributed by atoms with E-state index in [1.165, 1.54) is 11.3 Å². The minimum atomic E-state index is -0.146. The number of hydrogen-bond acceptors (Lipinski definition) is 3. The van der Waals surface area contributed by atoms with Gasteiger partial charge in [0.15, 0.2) is 0 Å². The zero-order valence-electron chi connectivity index (χ0n) is 10.0. The number of rotatable bonds is 6. The quantitative estimate of drug-likeness (QED) is 0.639. The second-order valence-corrected chi connectivity index (χ2v) is 5.09. The Bertz CT molecular complexity index is 415. The first-order valence-corrected chi connectivity index (χ1v) is 6.52. The van der Waals surface area contributed by atoms with Gasteiger partial charge in [-0.3, -0.25) is 4.79 Å². The summed E-state index contributed by atoms with van der Waals surface area (Å²) in [5.41, 5.74) is 1.90. The molecule has 94 valence electrons. The zero-order valence-corrected chi connectivity index (χ0v) is 11.6. The highest BCUT2D eigenvalue weighted by Gasteiger charge is 2.13. The first-order valence-electron chi connectivity index (χ1n) is 5.26. The fourth-order valence-corrected chi connectivity index (χ4v) is 2.34. The van der Waals surface area contributed by atoms with Crippen LogP contribution in [0.3, 0.4) is 0 Å². The van der Waals surface area contributed by atoms with Crippen LogP contribution in [0.4, 0.5) is 0 Å². The number of ether oxygens (including phenoxy) is 1. The number of halogens is 1. The van der Waals surface area contributed by atoms with Crippen molar-refractivity contribution in [3.8, 4) is 0 Å². The van der Waals surface area contributed by atoms with Crippen LogP contribution in [-0.4, -0.2) is 25.7 Å². The normalized spacial score (nSPS) is 10.3. The molecule has 0 unspecified atom stereocenters. The maximum atomic E-state index is 11.7. The van der Waals surface area contributed by atoms with Crippen molar-refractivity contribution in [3.05, 3.63) is 33.0 Å². The zero-order chi connectivity index (χ0) is 12.8. The minimum absolute atomic E-state index is 0.146. The van der Waals surface area contributed by atoms with Crippen LogP contribution < -0.4 is 5.32 Å². The van der Waals surface area contributed by atoms with Crippen LogP contribution in [-0.2, 0) is 4.74 Å². The van der Waals surface area contributed by atoms with E-state index < -0.39 is 0 Å². The number of aryl methyl sites for hydroxylation is 1. The molecule has 1 aromatic rings. The number of carbonyl (C=O) groups excluding carboxylic acids is 1. The Hall–Kier alpha value is -0.840. The third-order valence-corrected chi connectivity index (χ3v) is 3.68. The molecule has 0 saturated heterocycles. The molecule has 1 rings (SSSR count). The molecular formula is C12H16ClNO2S. The van der Waals surface area contributed by atoms with Crippen molar-refractivity contribution in [1.29, 1.82) is 0 Å². The molecule has 1 heterocycles. The molecule has 1 amide bonds. The first-order chi connectivity index (χ1) is 8.02. The van der Waals surface area contributed by atoms with E-state index >= 15 is 0 Å². The molecule has 0 aliphatic heterocycles. The standard InChI is InChI=1S/C12H16ClNO2S/c1-8(2)6-16-5-4-14-12(15)11-10(13)9(3)7-17-11/h7H,1,4-6H2,2-3H3,(H,14,15). The summed E-state index contributed by atoms with van der Waals surface area (Å²) in [6.45, 7) is 8.96. The maximum Gasteiger partial charge on any atom is 0.262 e. The Morgan fingerprint density at radius 2 is 2.35 bits per heavy atom. The smallest absolute Gasteiger partial charge is 0.262 e. The van der Waals surface area contributed by atoms with E-state index in [-0.39, 0.29) is 5.91 Å². The average Bonchev–Trinajstić information content (AvgIpc) is 2.59. The van der Waals surface area contributed by atoms with Gasteiger partial charge in [0, 0.05) is 6.54 Å². The summed E-state index contributed by atoms with van der Waals surface area (Å²) in [6, 6.07) is 0. The fourth-order valence-electron chi connectivity index (χ4n) is 1.15. The lowest BCUT2D eigenvalue weighted by atomic mass is 10.3. The fraction of sp³-hybridized carbons (Fsp3) is 0.417. The van der Waals surface area contributed by atoms with Gasteiger partial charge >= 0.3 is 0 Å². The Morgan fingerprint density at radius 1 is 1.65 bits per heavy atom. The van der Waals surface area contributed by atoms with Gasteiger partial charge in [-0.25, -0.2) is 0 Å². The predicted molar refractivity (Wildman–Crippen MR) is 72.0 cm³/mol. The highest BCUT2D eigenvalue weighted by molar-refractivity contribution is 7.13. The monoisotopic (exact) mass is 273 g/mol. The van der Waals surface area contributed by atoms with Crippen molar-refractivity contribution in [2.24, 2.45) is 0 Å². The molecular weight excluding hydrogens is 258 g/mol. The minimum Gasteiger partial charge on any atom is -0.375 e. The van der Waals surface area contributed by atoms with Gasteiger partial charge in [0.1, 0.15) is 4.88 Å². The van der Waals surface area contributed by atoms with Crippen LogP contribution in [0.25, 0.3) is 0 Å². The van der Waals surface area contributed by atoms with Crippen LogP contribution in [0.2, 0.25) is 5.02 Å². The molecule has 1 aromatic heterocycles. The van der Waals surface area contributed by atoms with Crippen LogP contribution in [0, 0.1) is 6.92 Å². The van der Waals surface area contributed by atoms with E-state index in [9.17, 15) is 4.79 Å². The molecule has 0 saturated carbocycles. The average molecular weight is 274 g/mol. The van der Waals surface area contributed by atoms with Gasteiger partial charge in [0.2, 0.25) is 0 Å². The SMILES string of the molecule is C=C(C)COCCNC(=O)c1scc(C)c1Cl. The first kappa shape index (κ1) is 14.2. The summed E-state index contributed by atoms with van der Waals surface area (Å²) in [4.78, 5) is 12.3. The molecule has 3 nitrogen and oxygen atoms in total. The molecule has 1 N–H and O–H groups in total. The molecule has 0 bridgehead atoms. The van der Waals surface area contributed by atoms with Crippen LogP contribution >= 0.6 is 22.9 Å². The van der Waals surface area contributed by atoms with Crippen molar-refractivity contribution >= 4 is 28.8 Å². The summed E-state index contributed by atoms with van der Waals surface area (Å²) in [5.74, 6) is -0.146. The van der Waals surface area contributed by atoms with E-state index in [1.54, 1.807) is 0 Å². The van der Waals surface area contributed by atoms with Crippen LogP contribution in [0.5, 0.6) is 0 Å². The molecule has 0 spiro atoms. The number of hydrogen-bond donors (Lipinski definition) is 1. The molecule has 0 atom stereocenters. The third-order valence-electron chi connectivity index (χ3n) is 1.99. The largest absolute Gasteiger partial charge is 0.375 e. The van der Waals surface area contributed by atoms with Gasteiger partial charge in [-0.15, -0.1) is 11.3 Å². The second kappa shape index (κ2) is 6.79. The lowest BCUT2D eigenvalue weighted by molar-refractivity contribution is 0.0931. The Balaban J connectivity index is 2.31. The highest BCUT2D eigenvalue weighted by atomic mass is 35.5. The molecule has 5 heteroatoms. The molecule has 0 radical (unpaired) electrons. The topological polar surface area (TPSA) is 38.3 Å². The van der Waals surface area contributed by atoms with Crippen LogP contribution in [0.1, 0.15) is 22.2 Å². The summed E-state index contributed by atoms with van der Waals surface area (Å²) < 4.78 is 5.27. The summed E-state index contributed by atoms with van der Waals surface area (Å²) in [5, 5.41) is 5.17. The summed E-state index contributed by atoms with van der Waals surface area (Å²) in [7, 11) is 0. The predicted octanol–water partition coefficient (Wildman–Crippen LogP) is 3.03. The molecule has 17 heavy (non-hydrogen) atoms. The van der Waals surface area contributed by atoms with Crippen LogP contribution in [0.15, 0.2) is 17.5 Å². The van der Waals surface area contributed by atoms with E-state index in [1.807, 2.05) is 19.2 Å². The van der Waals surface area contributed by atoms with Crippen molar-refractivity contribution in [2.45, 2.75) is 13.8 Å². The molecule has 0 fully saturated rings. The van der Waals surface area contributed by atoms with Crippen molar-refractivity contribution in [2.75, 3.05) is 19.8 Å². The van der Waals surface area contributed by atoms with Gasteiger partial charge in [-0.05, 0) is 24.8 Å². The summed E-state index contributed by atoms with van der Waals surface area (Å²) in [6.07, 6.45) is 0. The van der Waals surface area contributed by atoms with E-state index in [2.05, 4.69) is 11.9 Å². The van der Waals surface area contributed by atoms with Crippen molar-refractivity contribution in [1.82, 2.24) is 5.32 Å². The van der Waals surface area contributed by atoms with Gasteiger partial charge < -0.3 is 10.1 Å². The number of thiophene rings is 1. The Kier molecular flexibility index (Phi) is 5.68. The van der Waals surface area contributed by atoms with E-state index in [0.29, 0.717) is 29.7 Å². The third kappa shape index (κ3) is 4.50. The van der Waals surface area contributed by atoms with Crippen molar-refractivity contribution < 1.29 is 9.53 Å². The van der Waals surface area contributed by atoms with Gasteiger partial charge in [0.25, 0.3) is 5.91 Å². The second-order valence-electron chi connectivity index (χ2n) is 3.83. The Labute approximate surface area is 110 Å². The maximum absolute atomic E-state index is 11.7. The summed E-state index contributed by atoms with van der Waals surface area (Å²) >= 11 is 7.35. The lowest BCUT2D eigenvalue weighted by Crippen LogP contribution is -2.26. The van der Waals surface area contributed by atoms with Gasteiger partial charge in [0.05, 0.1) is 18.2 Å². The van der Waals surface area contributed by atoms with Crippen molar-refractivity contribution in [3.63, 3.8) is 0 Å².